The summed E-state index contributed by atoms with van der Waals surface area (Å²) in [5.41, 5.74) is 1.58. The highest BCUT2D eigenvalue weighted by Gasteiger charge is 2.28. The first-order valence-electron chi connectivity index (χ1n) is 6.77. The van der Waals surface area contributed by atoms with Crippen LogP contribution in [-0.4, -0.2) is 24.4 Å². The molecule has 1 N–H and O–H groups in total. The van der Waals surface area contributed by atoms with Crippen molar-refractivity contribution in [2.75, 3.05) is 17.8 Å². The fourth-order valence-corrected chi connectivity index (χ4v) is 3.64. The van der Waals surface area contributed by atoms with Gasteiger partial charge in [-0.15, -0.1) is 22.9 Å². The fraction of sp³-hybridized carbons (Fsp3) is 0.571. The molecule has 1 aromatic heterocycles. The lowest BCUT2D eigenvalue weighted by molar-refractivity contribution is -0.118. The summed E-state index contributed by atoms with van der Waals surface area (Å²) in [7, 11) is 0. The first kappa shape index (κ1) is 15.3. The van der Waals surface area contributed by atoms with Gasteiger partial charge >= 0.3 is 5.97 Å². The topological polar surface area (TPSA) is 55.4 Å². The Morgan fingerprint density at radius 2 is 2.20 bits per heavy atom. The van der Waals surface area contributed by atoms with Crippen LogP contribution in [0.3, 0.4) is 0 Å². The quantitative estimate of drug-likeness (QED) is 0.670. The van der Waals surface area contributed by atoms with Gasteiger partial charge in [-0.2, -0.15) is 0 Å². The molecule has 1 heterocycles. The van der Waals surface area contributed by atoms with E-state index in [0.717, 1.165) is 24.8 Å². The van der Waals surface area contributed by atoms with Gasteiger partial charge in [-0.25, -0.2) is 4.79 Å². The Kier molecular flexibility index (Phi) is 5.05. The summed E-state index contributed by atoms with van der Waals surface area (Å²) in [5, 5.41) is 3.43. The summed E-state index contributed by atoms with van der Waals surface area (Å²) in [6.45, 7) is 3.86. The fourth-order valence-electron chi connectivity index (χ4n) is 2.22. The number of hydrogen-bond donors (Lipinski definition) is 1. The van der Waals surface area contributed by atoms with Gasteiger partial charge in [0.05, 0.1) is 12.2 Å². The number of hydrogen-bond acceptors (Lipinski definition) is 4. The molecule has 0 saturated carbocycles. The van der Waals surface area contributed by atoms with E-state index < -0.39 is 0 Å². The second kappa shape index (κ2) is 6.59. The Labute approximate surface area is 127 Å². The molecule has 0 bridgehead atoms. The van der Waals surface area contributed by atoms with E-state index in [4.69, 9.17) is 16.3 Å². The average molecular weight is 316 g/mol. The number of amides is 1. The van der Waals surface area contributed by atoms with Crippen LogP contribution in [0.2, 0.25) is 0 Å². The molecule has 0 radical (unpaired) electrons. The van der Waals surface area contributed by atoms with Crippen LogP contribution in [0.4, 0.5) is 5.00 Å². The zero-order valence-electron chi connectivity index (χ0n) is 11.6. The Hall–Kier alpha value is -1.07. The van der Waals surface area contributed by atoms with E-state index in [9.17, 15) is 9.59 Å². The molecule has 0 fully saturated rings. The Morgan fingerprint density at radius 1 is 1.45 bits per heavy atom. The van der Waals surface area contributed by atoms with Crippen LogP contribution in [0.15, 0.2) is 0 Å². The molecule has 20 heavy (non-hydrogen) atoms. The summed E-state index contributed by atoms with van der Waals surface area (Å²) in [4.78, 5) is 25.3. The normalized spacial score (nSPS) is 14.8. The molecule has 1 aromatic rings. The molecule has 1 aliphatic carbocycles. The molecule has 6 heteroatoms. The molecular formula is C14H18ClNO3S. The minimum Gasteiger partial charge on any atom is -0.462 e. The highest BCUT2D eigenvalue weighted by Crippen LogP contribution is 2.39. The second-order valence-electron chi connectivity index (χ2n) is 4.83. The second-order valence-corrected chi connectivity index (χ2v) is 6.24. The third kappa shape index (κ3) is 2.99. The number of thiophene rings is 1. The molecule has 110 valence electrons. The van der Waals surface area contributed by atoms with Crippen LogP contribution in [0.5, 0.6) is 0 Å². The molecule has 1 amide bonds. The number of aryl methyl sites for hydroxylation is 1. The van der Waals surface area contributed by atoms with Crippen molar-refractivity contribution in [3.8, 4) is 0 Å². The SMILES string of the molecule is CCOC(=O)c1c(NC(=O)C(C)CCl)sc2c1CCC2. The molecule has 2 rings (SSSR count). The molecule has 0 aliphatic heterocycles. The van der Waals surface area contributed by atoms with E-state index >= 15 is 0 Å². The van der Waals surface area contributed by atoms with Crippen molar-refractivity contribution in [2.45, 2.75) is 33.1 Å². The van der Waals surface area contributed by atoms with E-state index in [-0.39, 0.29) is 23.7 Å². The molecule has 1 atom stereocenters. The van der Waals surface area contributed by atoms with E-state index in [1.165, 1.54) is 16.2 Å². The minimum absolute atomic E-state index is 0.162. The van der Waals surface area contributed by atoms with Crippen molar-refractivity contribution in [3.05, 3.63) is 16.0 Å². The third-order valence-corrected chi connectivity index (χ3v) is 4.99. The zero-order valence-corrected chi connectivity index (χ0v) is 13.2. The van der Waals surface area contributed by atoms with Crippen LogP contribution in [0.1, 0.15) is 41.1 Å². The van der Waals surface area contributed by atoms with Crippen molar-refractivity contribution in [1.29, 1.82) is 0 Å². The van der Waals surface area contributed by atoms with Crippen LogP contribution < -0.4 is 5.32 Å². The molecule has 1 aliphatic rings. The Bertz CT molecular complexity index is 527. The lowest BCUT2D eigenvalue weighted by Gasteiger charge is -2.10. The van der Waals surface area contributed by atoms with Crippen LogP contribution in [0, 0.1) is 5.92 Å². The van der Waals surface area contributed by atoms with Gasteiger partial charge in [-0.3, -0.25) is 4.79 Å². The zero-order chi connectivity index (χ0) is 14.7. The number of fused-ring (bicyclic) bond motifs is 1. The maximum absolute atomic E-state index is 12.1. The number of alkyl halides is 1. The van der Waals surface area contributed by atoms with Crippen molar-refractivity contribution >= 4 is 39.8 Å². The largest absolute Gasteiger partial charge is 0.462 e. The number of esters is 1. The standard InChI is InChI=1S/C14H18ClNO3S/c1-3-19-14(18)11-9-5-4-6-10(9)20-13(11)16-12(17)8(2)7-15/h8H,3-7H2,1-2H3,(H,16,17). The molecule has 4 nitrogen and oxygen atoms in total. The number of nitrogens with one attached hydrogen (secondary N) is 1. The lowest BCUT2D eigenvalue weighted by Crippen LogP contribution is -2.22. The monoisotopic (exact) mass is 315 g/mol. The van der Waals surface area contributed by atoms with Gasteiger partial charge in [0.1, 0.15) is 5.00 Å². The predicted molar refractivity (Wildman–Crippen MR) is 80.8 cm³/mol. The summed E-state index contributed by atoms with van der Waals surface area (Å²) in [5.74, 6) is -0.541. The Balaban J connectivity index is 2.29. The first-order valence-corrected chi connectivity index (χ1v) is 8.12. The number of anilines is 1. The van der Waals surface area contributed by atoms with E-state index in [2.05, 4.69) is 5.32 Å². The molecule has 1 unspecified atom stereocenters. The van der Waals surface area contributed by atoms with Crippen LogP contribution in [0.25, 0.3) is 0 Å². The third-order valence-electron chi connectivity index (χ3n) is 3.32. The van der Waals surface area contributed by atoms with Crippen LogP contribution in [-0.2, 0) is 22.4 Å². The van der Waals surface area contributed by atoms with Crippen molar-refractivity contribution < 1.29 is 14.3 Å². The summed E-state index contributed by atoms with van der Waals surface area (Å²) >= 11 is 7.17. The number of carbonyl (C=O) groups excluding carboxylic acids is 2. The molecule has 0 spiro atoms. The van der Waals surface area contributed by atoms with Crippen molar-refractivity contribution in [3.63, 3.8) is 0 Å². The highest BCUT2D eigenvalue weighted by atomic mass is 35.5. The summed E-state index contributed by atoms with van der Waals surface area (Å²) in [6.07, 6.45) is 2.90. The van der Waals surface area contributed by atoms with E-state index in [0.29, 0.717) is 17.2 Å². The summed E-state index contributed by atoms with van der Waals surface area (Å²) < 4.78 is 5.11. The number of carbonyl (C=O) groups is 2. The Morgan fingerprint density at radius 3 is 2.85 bits per heavy atom. The smallest absolute Gasteiger partial charge is 0.341 e. The van der Waals surface area contributed by atoms with Gasteiger partial charge in [0.2, 0.25) is 5.91 Å². The summed E-state index contributed by atoms with van der Waals surface area (Å²) in [6, 6.07) is 0. The first-order chi connectivity index (χ1) is 9.58. The number of ether oxygens (including phenoxy) is 1. The van der Waals surface area contributed by atoms with Gasteiger partial charge < -0.3 is 10.1 Å². The molecule has 0 aromatic carbocycles. The van der Waals surface area contributed by atoms with Gasteiger partial charge in [0, 0.05) is 16.7 Å². The van der Waals surface area contributed by atoms with Crippen LogP contribution >= 0.6 is 22.9 Å². The van der Waals surface area contributed by atoms with Gasteiger partial charge in [-0.1, -0.05) is 6.92 Å². The van der Waals surface area contributed by atoms with E-state index in [1.807, 2.05) is 0 Å². The van der Waals surface area contributed by atoms with Gasteiger partial charge in [-0.05, 0) is 31.7 Å². The predicted octanol–water partition coefficient (Wildman–Crippen LogP) is 3.23. The maximum Gasteiger partial charge on any atom is 0.341 e. The molecule has 0 saturated heterocycles. The average Bonchev–Trinajstić information content (AvgIpc) is 2.97. The van der Waals surface area contributed by atoms with Crippen molar-refractivity contribution in [1.82, 2.24) is 0 Å². The molecular weight excluding hydrogens is 298 g/mol. The maximum atomic E-state index is 12.1. The highest BCUT2D eigenvalue weighted by molar-refractivity contribution is 7.17. The number of halogens is 1. The van der Waals surface area contributed by atoms with Crippen molar-refractivity contribution in [2.24, 2.45) is 5.92 Å². The minimum atomic E-state index is -0.347. The van der Waals surface area contributed by atoms with Gasteiger partial charge in [0.25, 0.3) is 0 Å². The van der Waals surface area contributed by atoms with E-state index in [1.54, 1.807) is 13.8 Å². The lowest BCUT2D eigenvalue weighted by atomic mass is 10.1. The number of rotatable bonds is 5. The van der Waals surface area contributed by atoms with Gasteiger partial charge in [0.15, 0.2) is 0 Å².